The molecule has 1 aromatic heterocycles. The number of anilines is 1. The van der Waals surface area contributed by atoms with Gasteiger partial charge in [-0.15, -0.1) is 0 Å². The van der Waals surface area contributed by atoms with Crippen molar-refractivity contribution in [3.8, 4) is 0 Å². The van der Waals surface area contributed by atoms with E-state index in [4.69, 9.17) is 12.2 Å². The van der Waals surface area contributed by atoms with Gasteiger partial charge in [0.05, 0.1) is 0 Å². The van der Waals surface area contributed by atoms with Crippen LogP contribution >= 0.6 is 12.2 Å². The van der Waals surface area contributed by atoms with Crippen molar-refractivity contribution in [3.63, 3.8) is 0 Å². The highest BCUT2D eigenvalue weighted by Crippen LogP contribution is 2.05. The molecule has 1 aromatic rings. The average Bonchev–Trinajstić information content (AvgIpc) is 2.24. The van der Waals surface area contributed by atoms with E-state index in [-0.39, 0.29) is 0 Å². The van der Waals surface area contributed by atoms with E-state index < -0.39 is 0 Å². The van der Waals surface area contributed by atoms with Gasteiger partial charge in [-0.3, -0.25) is 0 Å². The fourth-order valence-corrected chi connectivity index (χ4v) is 1.81. The van der Waals surface area contributed by atoms with Crippen molar-refractivity contribution >= 4 is 18.0 Å². The van der Waals surface area contributed by atoms with Crippen molar-refractivity contribution in [1.29, 1.82) is 0 Å². The van der Waals surface area contributed by atoms with E-state index in [2.05, 4.69) is 41.2 Å². The predicted octanol–water partition coefficient (Wildman–Crippen LogP) is 2.46. The van der Waals surface area contributed by atoms with Crippen molar-refractivity contribution in [2.24, 2.45) is 0 Å². The van der Waals surface area contributed by atoms with Crippen LogP contribution in [0.15, 0.2) is 6.07 Å². The van der Waals surface area contributed by atoms with Gasteiger partial charge in [0.15, 0.2) is 0 Å². The van der Waals surface area contributed by atoms with Gasteiger partial charge in [-0.1, -0.05) is 19.1 Å². The van der Waals surface area contributed by atoms with E-state index in [9.17, 15) is 0 Å². The summed E-state index contributed by atoms with van der Waals surface area (Å²) >= 11 is 5.14. The highest BCUT2D eigenvalue weighted by molar-refractivity contribution is 7.71. The molecule has 0 aliphatic carbocycles. The number of aromatic nitrogens is 2. The average molecular weight is 254 g/mol. The number of hydrogen-bond acceptors (Lipinski definition) is 4. The van der Waals surface area contributed by atoms with Crippen LogP contribution in [0.3, 0.4) is 0 Å². The number of hydrogen-bond donors (Lipinski definition) is 2. The second kappa shape index (κ2) is 7.40. The molecule has 0 saturated heterocycles. The number of nitrogens with zero attached hydrogens (tertiary/aromatic N) is 2. The van der Waals surface area contributed by atoms with E-state index in [1.165, 1.54) is 0 Å². The Morgan fingerprint density at radius 3 is 2.88 bits per heavy atom. The fraction of sp³-hybridized carbons (Fsp3) is 0.667. The molecule has 96 valence electrons. The minimum Gasteiger partial charge on any atom is -0.371 e. The van der Waals surface area contributed by atoms with Gasteiger partial charge in [-0.2, -0.15) is 0 Å². The maximum atomic E-state index is 5.14. The summed E-state index contributed by atoms with van der Waals surface area (Å²) in [6.07, 6.45) is 3.12. The van der Waals surface area contributed by atoms with Crippen molar-refractivity contribution in [2.45, 2.75) is 26.2 Å². The summed E-state index contributed by atoms with van der Waals surface area (Å²) in [5, 5.41) is 3.35. The number of rotatable bonds is 7. The van der Waals surface area contributed by atoms with Gasteiger partial charge < -0.3 is 15.2 Å². The van der Waals surface area contributed by atoms with E-state index in [1.807, 2.05) is 6.07 Å². The fourth-order valence-electron chi connectivity index (χ4n) is 1.58. The molecule has 0 saturated carbocycles. The summed E-state index contributed by atoms with van der Waals surface area (Å²) in [4.78, 5) is 9.74. The van der Waals surface area contributed by atoms with Crippen molar-refractivity contribution in [2.75, 3.05) is 32.5 Å². The van der Waals surface area contributed by atoms with E-state index in [1.54, 1.807) is 0 Å². The molecule has 1 heterocycles. The molecule has 4 nitrogen and oxygen atoms in total. The summed E-state index contributed by atoms with van der Waals surface area (Å²) in [5.74, 6) is 1.95. The second-order valence-electron chi connectivity index (χ2n) is 4.41. The summed E-state index contributed by atoms with van der Waals surface area (Å²) in [7, 11) is 4.17. The molecular formula is C12H22N4S. The Morgan fingerprint density at radius 2 is 2.24 bits per heavy atom. The highest BCUT2D eigenvalue weighted by Gasteiger charge is 1.98. The summed E-state index contributed by atoms with van der Waals surface area (Å²) in [6, 6.07) is 1.88. The van der Waals surface area contributed by atoms with E-state index >= 15 is 0 Å². The summed E-state index contributed by atoms with van der Waals surface area (Å²) < 4.78 is 0.655. The molecule has 0 spiro atoms. The topological polar surface area (TPSA) is 44.0 Å². The molecular weight excluding hydrogens is 232 g/mol. The molecule has 0 unspecified atom stereocenters. The second-order valence-corrected chi connectivity index (χ2v) is 4.83. The Balaban J connectivity index is 2.50. The molecule has 0 amide bonds. The standard InChI is InChI=1S/C12H22N4S/c1-4-6-10-14-11(9-12(17)15-10)13-7-5-8-16(2)3/h9H,4-8H2,1-3H3,(H2,13,14,15,17). The molecule has 2 N–H and O–H groups in total. The molecule has 0 bridgehead atoms. The molecule has 5 heteroatoms. The maximum Gasteiger partial charge on any atom is 0.131 e. The third kappa shape index (κ3) is 5.79. The molecule has 1 rings (SSSR count). The predicted molar refractivity (Wildman–Crippen MR) is 75.1 cm³/mol. The minimum atomic E-state index is 0.655. The molecule has 17 heavy (non-hydrogen) atoms. The Labute approximate surface area is 108 Å². The van der Waals surface area contributed by atoms with Crippen molar-refractivity contribution in [1.82, 2.24) is 14.9 Å². The number of nitrogens with one attached hydrogen (secondary N) is 2. The zero-order valence-corrected chi connectivity index (χ0v) is 11.7. The zero-order valence-electron chi connectivity index (χ0n) is 10.9. The number of aryl methyl sites for hydroxylation is 1. The number of aromatic amines is 1. The molecule has 0 atom stereocenters. The third-order valence-corrected chi connectivity index (χ3v) is 2.59. The van der Waals surface area contributed by atoms with E-state index in [0.29, 0.717) is 4.64 Å². The SMILES string of the molecule is CCCc1nc(=S)cc(NCCCN(C)C)[nH]1. The van der Waals surface area contributed by atoms with Crippen LogP contribution in [0.4, 0.5) is 5.82 Å². The first-order valence-corrected chi connectivity index (χ1v) is 6.51. The van der Waals surface area contributed by atoms with Gasteiger partial charge in [0, 0.05) is 19.0 Å². The summed E-state index contributed by atoms with van der Waals surface area (Å²) in [5.41, 5.74) is 0. The molecule has 0 fully saturated rings. The Bertz CT molecular complexity index is 386. The van der Waals surface area contributed by atoms with Gasteiger partial charge in [-0.05, 0) is 33.5 Å². The first-order chi connectivity index (χ1) is 8.11. The zero-order chi connectivity index (χ0) is 12.7. The van der Waals surface area contributed by atoms with Crippen molar-refractivity contribution in [3.05, 3.63) is 16.5 Å². The van der Waals surface area contributed by atoms with Gasteiger partial charge in [0.25, 0.3) is 0 Å². The quantitative estimate of drug-likeness (QED) is 0.579. The molecule has 0 aliphatic rings. The number of H-pyrrole nitrogens is 1. The normalized spacial score (nSPS) is 10.8. The maximum absolute atomic E-state index is 5.14. The van der Waals surface area contributed by atoms with Crippen molar-refractivity contribution < 1.29 is 0 Å². The lowest BCUT2D eigenvalue weighted by Crippen LogP contribution is -2.16. The molecule has 0 aromatic carbocycles. The van der Waals surface area contributed by atoms with Gasteiger partial charge in [0.2, 0.25) is 0 Å². The lowest BCUT2D eigenvalue weighted by molar-refractivity contribution is 0.405. The monoisotopic (exact) mass is 254 g/mol. The first-order valence-electron chi connectivity index (χ1n) is 6.10. The van der Waals surface area contributed by atoms with Gasteiger partial charge in [0.1, 0.15) is 16.3 Å². The highest BCUT2D eigenvalue weighted by atomic mass is 32.1. The van der Waals surface area contributed by atoms with Crippen LogP contribution in [0.2, 0.25) is 0 Å². The van der Waals surface area contributed by atoms with Gasteiger partial charge >= 0.3 is 0 Å². The van der Waals surface area contributed by atoms with Crippen LogP contribution in [-0.2, 0) is 6.42 Å². The lowest BCUT2D eigenvalue weighted by atomic mass is 10.3. The van der Waals surface area contributed by atoms with Crippen LogP contribution in [-0.4, -0.2) is 42.1 Å². The minimum absolute atomic E-state index is 0.655. The van der Waals surface area contributed by atoms with Crippen LogP contribution in [0.25, 0.3) is 0 Å². The smallest absolute Gasteiger partial charge is 0.131 e. The third-order valence-electron chi connectivity index (χ3n) is 2.38. The molecule has 0 radical (unpaired) electrons. The largest absolute Gasteiger partial charge is 0.371 e. The van der Waals surface area contributed by atoms with E-state index in [0.717, 1.165) is 44.0 Å². The Hall–Kier alpha value is -0.940. The Kier molecular flexibility index (Phi) is 6.15. The Morgan fingerprint density at radius 1 is 1.47 bits per heavy atom. The summed E-state index contributed by atoms with van der Waals surface area (Å²) in [6.45, 7) is 4.16. The van der Waals surface area contributed by atoms with Crippen LogP contribution in [0, 0.1) is 4.64 Å². The van der Waals surface area contributed by atoms with Crippen LogP contribution in [0.5, 0.6) is 0 Å². The van der Waals surface area contributed by atoms with Crippen LogP contribution < -0.4 is 5.32 Å². The van der Waals surface area contributed by atoms with Crippen LogP contribution in [0.1, 0.15) is 25.6 Å². The first kappa shape index (κ1) is 14.1. The molecule has 0 aliphatic heterocycles. The van der Waals surface area contributed by atoms with Gasteiger partial charge in [-0.25, -0.2) is 4.98 Å². The lowest BCUT2D eigenvalue weighted by Gasteiger charge is -2.11.